The van der Waals surface area contributed by atoms with Crippen molar-refractivity contribution < 1.29 is 4.79 Å². The second-order valence-electron chi connectivity index (χ2n) is 3.95. The van der Waals surface area contributed by atoms with Gasteiger partial charge in [0.2, 0.25) is 0 Å². The smallest absolute Gasteiger partial charge is 0.186 e. The number of ketones is 1. The summed E-state index contributed by atoms with van der Waals surface area (Å²) in [5.74, 6) is 0.232. The summed E-state index contributed by atoms with van der Waals surface area (Å²) < 4.78 is 0. The molecule has 0 amide bonds. The average molecular weight is 225 g/mol. The molecule has 84 valence electrons. The Bertz CT molecular complexity index is 295. The molecule has 0 saturated carbocycles. The lowest BCUT2D eigenvalue weighted by Gasteiger charge is -2.23. The van der Waals surface area contributed by atoms with E-state index in [0.717, 1.165) is 11.3 Å². The van der Waals surface area contributed by atoms with Gasteiger partial charge >= 0.3 is 0 Å². The first-order valence-corrected chi connectivity index (χ1v) is 6.30. The Balaban J connectivity index is 2.44. The van der Waals surface area contributed by atoms with Crippen LogP contribution in [0, 0.1) is 0 Å². The number of hydrogen-bond acceptors (Lipinski definition) is 3. The van der Waals surface area contributed by atoms with E-state index in [4.69, 9.17) is 0 Å². The highest BCUT2D eigenvalue weighted by Gasteiger charge is 2.14. The van der Waals surface area contributed by atoms with Crippen molar-refractivity contribution in [3.63, 3.8) is 0 Å². The molecule has 1 heterocycles. The van der Waals surface area contributed by atoms with Crippen molar-refractivity contribution in [1.29, 1.82) is 0 Å². The minimum atomic E-state index is 0.232. The van der Waals surface area contributed by atoms with Crippen molar-refractivity contribution >= 4 is 17.1 Å². The summed E-state index contributed by atoms with van der Waals surface area (Å²) in [5.41, 5.74) is 0. The van der Waals surface area contributed by atoms with E-state index in [-0.39, 0.29) is 5.78 Å². The summed E-state index contributed by atoms with van der Waals surface area (Å²) in [5, 5.41) is 1.95. The molecule has 0 aliphatic carbocycles. The molecule has 2 nitrogen and oxygen atoms in total. The number of carbonyl (C=O) groups is 1. The fourth-order valence-electron chi connectivity index (χ4n) is 1.54. The number of thiophene rings is 1. The van der Waals surface area contributed by atoms with Crippen molar-refractivity contribution in [2.24, 2.45) is 0 Å². The first-order valence-electron chi connectivity index (χ1n) is 5.42. The van der Waals surface area contributed by atoms with Gasteiger partial charge in [0.1, 0.15) is 0 Å². The van der Waals surface area contributed by atoms with E-state index in [9.17, 15) is 4.79 Å². The highest BCUT2D eigenvalue weighted by atomic mass is 32.1. The zero-order chi connectivity index (χ0) is 11.3. The molecular weight excluding hydrogens is 206 g/mol. The number of likely N-dealkylation sites (N-methyl/N-ethyl adjacent to an activating group) is 1. The molecule has 0 aliphatic rings. The molecule has 0 radical (unpaired) electrons. The van der Waals surface area contributed by atoms with Gasteiger partial charge in [-0.3, -0.25) is 9.69 Å². The predicted octanol–water partition coefficient (Wildman–Crippen LogP) is 3.05. The maximum atomic E-state index is 11.8. The molecule has 0 saturated heterocycles. The maximum Gasteiger partial charge on any atom is 0.186 e. The number of Topliss-reactive ketones (excluding diaryl/α,β-unsaturated/α-hetero) is 1. The van der Waals surface area contributed by atoms with E-state index in [2.05, 4.69) is 18.7 Å². The largest absolute Gasteiger partial charge is 0.296 e. The quantitative estimate of drug-likeness (QED) is 0.694. The van der Waals surface area contributed by atoms with Crippen molar-refractivity contribution in [2.75, 3.05) is 13.6 Å². The number of rotatable bonds is 6. The monoisotopic (exact) mass is 225 g/mol. The Morgan fingerprint density at radius 1 is 1.60 bits per heavy atom. The van der Waals surface area contributed by atoms with Crippen LogP contribution < -0.4 is 0 Å². The average Bonchev–Trinajstić information content (AvgIpc) is 2.70. The first-order chi connectivity index (χ1) is 7.15. The normalized spacial score (nSPS) is 13.1. The lowest BCUT2D eigenvalue weighted by Crippen LogP contribution is -2.33. The van der Waals surface area contributed by atoms with Crippen LogP contribution in [0.2, 0.25) is 0 Å². The van der Waals surface area contributed by atoms with Gasteiger partial charge in [-0.2, -0.15) is 0 Å². The SMILES string of the molecule is CCCC(C)N(C)CC(=O)c1cccs1. The lowest BCUT2D eigenvalue weighted by molar-refractivity contribution is 0.0925. The van der Waals surface area contributed by atoms with Crippen LogP contribution in [0.4, 0.5) is 0 Å². The molecule has 3 heteroatoms. The molecule has 1 unspecified atom stereocenters. The fourth-order valence-corrected chi connectivity index (χ4v) is 2.19. The summed E-state index contributed by atoms with van der Waals surface area (Å²) >= 11 is 1.52. The van der Waals surface area contributed by atoms with Gasteiger partial charge in [0.05, 0.1) is 11.4 Å². The van der Waals surface area contributed by atoms with Gasteiger partial charge in [-0.1, -0.05) is 19.4 Å². The Kier molecular flexibility index (Phi) is 4.99. The van der Waals surface area contributed by atoms with Crippen LogP contribution in [-0.2, 0) is 0 Å². The molecule has 0 fully saturated rings. The highest BCUT2D eigenvalue weighted by Crippen LogP contribution is 2.11. The molecule has 1 rings (SSSR count). The van der Waals surface area contributed by atoms with E-state index in [0.29, 0.717) is 12.6 Å². The van der Waals surface area contributed by atoms with E-state index in [1.165, 1.54) is 17.8 Å². The third kappa shape index (κ3) is 3.76. The van der Waals surface area contributed by atoms with E-state index < -0.39 is 0 Å². The number of carbonyl (C=O) groups excluding carboxylic acids is 1. The Hall–Kier alpha value is -0.670. The second-order valence-corrected chi connectivity index (χ2v) is 4.90. The second kappa shape index (κ2) is 6.03. The van der Waals surface area contributed by atoms with E-state index in [1.54, 1.807) is 0 Å². The minimum Gasteiger partial charge on any atom is -0.296 e. The van der Waals surface area contributed by atoms with Crippen LogP contribution in [-0.4, -0.2) is 30.3 Å². The van der Waals surface area contributed by atoms with Gasteiger partial charge in [-0.25, -0.2) is 0 Å². The van der Waals surface area contributed by atoms with Gasteiger partial charge in [0.25, 0.3) is 0 Å². The molecule has 0 bridgehead atoms. The summed E-state index contributed by atoms with van der Waals surface area (Å²) in [6, 6.07) is 4.30. The maximum absolute atomic E-state index is 11.8. The Morgan fingerprint density at radius 3 is 2.87 bits per heavy atom. The molecule has 1 aromatic rings. The standard InChI is InChI=1S/C12H19NOS/c1-4-6-10(2)13(3)9-11(14)12-7-5-8-15-12/h5,7-8,10H,4,6,9H2,1-3H3. The summed E-state index contributed by atoms with van der Waals surface area (Å²) in [6.07, 6.45) is 2.31. The third-order valence-corrected chi connectivity index (χ3v) is 3.56. The van der Waals surface area contributed by atoms with Gasteiger partial charge in [-0.15, -0.1) is 11.3 Å². The molecule has 0 aliphatic heterocycles. The molecule has 0 N–H and O–H groups in total. The molecule has 15 heavy (non-hydrogen) atoms. The minimum absolute atomic E-state index is 0.232. The van der Waals surface area contributed by atoms with Crippen LogP contribution in [0.5, 0.6) is 0 Å². The van der Waals surface area contributed by atoms with E-state index >= 15 is 0 Å². The van der Waals surface area contributed by atoms with Gasteiger partial charge in [0, 0.05) is 6.04 Å². The van der Waals surface area contributed by atoms with Gasteiger partial charge in [-0.05, 0) is 31.8 Å². The Morgan fingerprint density at radius 2 is 2.33 bits per heavy atom. The van der Waals surface area contributed by atoms with E-state index in [1.807, 2.05) is 24.6 Å². The van der Waals surface area contributed by atoms with Crippen molar-refractivity contribution in [1.82, 2.24) is 4.90 Å². The summed E-state index contributed by atoms with van der Waals surface area (Å²) in [4.78, 5) is 14.8. The molecule has 0 spiro atoms. The summed E-state index contributed by atoms with van der Waals surface area (Å²) in [6.45, 7) is 4.87. The van der Waals surface area contributed by atoms with Crippen LogP contribution in [0.1, 0.15) is 36.4 Å². The number of nitrogens with zero attached hydrogens (tertiary/aromatic N) is 1. The van der Waals surface area contributed by atoms with Crippen molar-refractivity contribution in [3.05, 3.63) is 22.4 Å². The first kappa shape index (κ1) is 12.4. The van der Waals surface area contributed by atoms with Crippen LogP contribution in [0.25, 0.3) is 0 Å². The third-order valence-electron chi connectivity index (χ3n) is 2.65. The van der Waals surface area contributed by atoms with Crippen LogP contribution >= 0.6 is 11.3 Å². The predicted molar refractivity (Wildman–Crippen MR) is 65.6 cm³/mol. The van der Waals surface area contributed by atoms with Gasteiger partial charge in [0.15, 0.2) is 5.78 Å². The lowest BCUT2D eigenvalue weighted by atomic mass is 10.1. The highest BCUT2D eigenvalue weighted by molar-refractivity contribution is 7.12. The van der Waals surface area contributed by atoms with Gasteiger partial charge < -0.3 is 0 Å². The molecule has 0 aromatic carbocycles. The summed E-state index contributed by atoms with van der Waals surface area (Å²) in [7, 11) is 2.02. The topological polar surface area (TPSA) is 20.3 Å². The number of hydrogen-bond donors (Lipinski definition) is 0. The fraction of sp³-hybridized carbons (Fsp3) is 0.583. The van der Waals surface area contributed by atoms with Crippen molar-refractivity contribution in [2.45, 2.75) is 32.7 Å². The molecular formula is C12H19NOS. The van der Waals surface area contributed by atoms with Crippen LogP contribution in [0.15, 0.2) is 17.5 Å². The zero-order valence-corrected chi connectivity index (χ0v) is 10.5. The molecule has 1 aromatic heterocycles. The zero-order valence-electron chi connectivity index (χ0n) is 9.69. The van der Waals surface area contributed by atoms with Crippen LogP contribution in [0.3, 0.4) is 0 Å². The Labute approximate surface area is 95.9 Å². The molecule has 1 atom stereocenters. The van der Waals surface area contributed by atoms with Crippen molar-refractivity contribution in [3.8, 4) is 0 Å².